The molecule has 0 saturated carbocycles. The number of aliphatic hydroxyl groups is 1. The Morgan fingerprint density at radius 2 is 2.00 bits per heavy atom. The smallest absolute Gasteiger partial charge is 0.0624 e. The molecule has 0 saturated heterocycles. The molecule has 2 atom stereocenters. The summed E-state index contributed by atoms with van der Waals surface area (Å²) in [7, 11) is 0. The third-order valence-electron chi connectivity index (χ3n) is 3.61. The average Bonchev–Trinajstić information content (AvgIpc) is 2.89. The van der Waals surface area contributed by atoms with Crippen molar-refractivity contribution in [2.75, 3.05) is 6.54 Å². The standard InChI is InChI=1S/C15H19NOS/c1-12(17)15(11-16,9-13-7-8-18-10-13)14-5-3-2-4-6-14/h2-8,10,12,17H,9,11,16H2,1H3. The third-order valence-corrected chi connectivity index (χ3v) is 4.34. The quantitative estimate of drug-likeness (QED) is 0.869. The van der Waals surface area contributed by atoms with Crippen molar-refractivity contribution < 1.29 is 5.11 Å². The molecule has 0 bridgehead atoms. The lowest BCUT2D eigenvalue weighted by Crippen LogP contribution is -2.46. The summed E-state index contributed by atoms with van der Waals surface area (Å²) in [5.74, 6) is 0. The fourth-order valence-corrected chi connectivity index (χ4v) is 3.05. The van der Waals surface area contributed by atoms with E-state index in [0.29, 0.717) is 6.54 Å². The Balaban J connectivity index is 2.40. The predicted octanol–water partition coefficient (Wildman–Crippen LogP) is 2.57. The third kappa shape index (κ3) is 2.48. The number of rotatable bonds is 5. The number of benzene rings is 1. The van der Waals surface area contributed by atoms with E-state index in [1.165, 1.54) is 5.56 Å². The van der Waals surface area contributed by atoms with Gasteiger partial charge >= 0.3 is 0 Å². The van der Waals surface area contributed by atoms with Crippen molar-refractivity contribution in [1.29, 1.82) is 0 Å². The molecule has 1 aromatic carbocycles. The molecule has 96 valence electrons. The molecule has 2 nitrogen and oxygen atoms in total. The topological polar surface area (TPSA) is 46.2 Å². The molecule has 2 rings (SSSR count). The van der Waals surface area contributed by atoms with Crippen molar-refractivity contribution >= 4 is 11.3 Å². The summed E-state index contributed by atoms with van der Waals surface area (Å²) < 4.78 is 0. The summed E-state index contributed by atoms with van der Waals surface area (Å²) in [6.45, 7) is 2.26. The van der Waals surface area contributed by atoms with Gasteiger partial charge in [0.05, 0.1) is 6.10 Å². The lowest BCUT2D eigenvalue weighted by atomic mass is 9.72. The molecule has 0 amide bonds. The van der Waals surface area contributed by atoms with Crippen LogP contribution in [0, 0.1) is 0 Å². The Morgan fingerprint density at radius 1 is 1.28 bits per heavy atom. The normalized spacial score (nSPS) is 16.2. The van der Waals surface area contributed by atoms with Gasteiger partial charge in [0.1, 0.15) is 0 Å². The maximum absolute atomic E-state index is 10.2. The molecular weight excluding hydrogens is 242 g/mol. The van der Waals surface area contributed by atoms with Crippen molar-refractivity contribution in [3.63, 3.8) is 0 Å². The van der Waals surface area contributed by atoms with Crippen LogP contribution in [0.4, 0.5) is 0 Å². The predicted molar refractivity (Wildman–Crippen MR) is 76.9 cm³/mol. The monoisotopic (exact) mass is 261 g/mol. The van der Waals surface area contributed by atoms with Crippen LogP contribution in [0.25, 0.3) is 0 Å². The molecule has 0 spiro atoms. The van der Waals surface area contributed by atoms with Crippen LogP contribution in [0.2, 0.25) is 0 Å². The summed E-state index contributed by atoms with van der Waals surface area (Å²) >= 11 is 1.68. The van der Waals surface area contributed by atoms with Crippen molar-refractivity contribution in [3.05, 3.63) is 58.3 Å². The van der Waals surface area contributed by atoms with Crippen molar-refractivity contribution in [2.45, 2.75) is 24.9 Å². The van der Waals surface area contributed by atoms with E-state index in [9.17, 15) is 5.11 Å². The van der Waals surface area contributed by atoms with Crippen LogP contribution in [-0.4, -0.2) is 17.8 Å². The van der Waals surface area contributed by atoms with Gasteiger partial charge in [-0.1, -0.05) is 30.3 Å². The average molecular weight is 261 g/mol. The molecule has 0 aliphatic heterocycles. The van der Waals surface area contributed by atoms with Gasteiger partial charge in [-0.2, -0.15) is 11.3 Å². The van der Waals surface area contributed by atoms with Gasteiger partial charge < -0.3 is 10.8 Å². The highest BCUT2D eigenvalue weighted by atomic mass is 32.1. The zero-order valence-electron chi connectivity index (χ0n) is 10.5. The van der Waals surface area contributed by atoms with Gasteiger partial charge in [-0.15, -0.1) is 0 Å². The van der Waals surface area contributed by atoms with E-state index in [4.69, 9.17) is 5.73 Å². The molecular formula is C15H19NOS. The number of thiophene rings is 1. The Morgan fingerprint density at radius 3 is 2.50 bits per heavy atom. The number of hydrogen-bond donors (Lipinski definition) is 2. The Bertz CT molecular complexity index is 467. The highest BCUT2D eigenvalue weighted by molar-refractivity contribution is 7.07. The van der Waals surface area contributed by atoms with E-state index in [1.807, 2.05) is 37.3 Å². The number of nitrogens with two attached hydrogens (primary N) is 1. The summed E-state index contributed by atoms with van der Waals surface area (Å²) in [6, 6.07) is 12.2. The fourth-order valence-electron chi connectivity index (χ4n) is 2.38. The molecule has 0 fully saturated rings. The zero-order valence-corrected chi connectivity index (χ0v) is 11.4. The minimum atomic E-state index is -0.482. The van der Waals surface area contributed by atoms with Crippen LogP contribution in [0.3, 0.4) is 0 Å². The second kappa shape index (κ2) is 5.65. The van der Waals surface area contributed by atoms with Gasteiger partial charge in [0.15, 0.2) is 0 Å². The van der Waals surface area contributed by atoms with Crippen LogP contribution in [-0.2, 0) is 11.8 Å². The minimum Gasteiger partial charge on any atom is -0.392 e. The van der Waals surface area contributed by atoms with Gasteiger partial charge in [0, 0.05) is 12.0 Å². The first-order valence-corrected chi connectivity index (χ1v) is 7.08. The van der Waals surface area contributed by atoms with Crippen LogP contribution >= 0.6 is 11.3 Å². The fraction of sp³-hybridized carbons (Fsp3) is 0.333. The first kappa shape index (κ1) is 13.3. The molecule has 0 radical (unpaired) electrons. The summed E-state index contributed by atoms with van der Waals surface area (Å²) in [5.41, 5.74) is 7.94. The molecule has 3 heteroatoms. The first-order chi connectivity index (χ1) is 8.69. The second-order valence-electron chi connectivity index (χ2n) is 4.71. The SMILES string of the molecule is CC(O)C(CN)(Cc1ccsc1)c1ccccc1. The number of hydrogen-bond acceptors (Lipinski definition) is 3. The van der Waals surface area contributed by atoms with E-state index in [2.05, 4.69) is 16.8 Å². The van der Waals surface area contributed by atoms with Crippen LogP contribution < -0.4 is 5.73 Å². The lowest BCUT2D eigenvalue weighted by molar-refractivity contribution is 0.100. The largest absolute Gasteiger partial charge is 0.392 e. The highest BCUT2D eigenvalue weighted by Crippen LogP contribution is 2.32. The Labute approximate surface area is 112 Å². The number of aliphatic hydroxyl groups excluding tert-OH is 1. The van der Waals surface area contributed by atoms with E-state index in [-0.39, 0.29) is 0 Å². The van der Waals surface area contributed by atoms with E-state index in [1.54, 1.807) is 11.3 Å². The summed E-state index contributed by atoms with van der Waals surface area (Å²) in [6.07, 6.45) is 0.291. The Hall–Kier alpha value is -1.16. The summed E-state index contributed by atoms with van der Waals surface area (Å²) in [5, 5.41) is 14.4. The van der Waals surface area contributed by atoms with E-state index < -0.39 is 11.5 Å². The molecule has 0 aliphatic rings. The maximum Gasteiger partial charge on any atom is 0.0624 e. The van der Waals surface area contributed by atoms with Crippen LogP contribution in [0.5, 0.6) is 0 Å². The highest BCUT2D eigenvalue weighted by Gasteiger charge is 2.36. The van der Waals surface area contributed by atoms with Gasteiger partial charge in [-0.3, -0.25) is 0 Å². The lowest BCUT2D eigenvalue weighted by Gasteiger charge is -2.36. The van der Waals surface area contributed by atoms with Crippen molar-refractivity contribution in [1.82, 2.24) is 0 Å². The molecule has 0 aliphatic carbocycles. The Kier molecular flexibility index (Phi) is 4.17. The van der Waals surface area contributed by atoms with Gasteiger partial charge in [0.25, 0.3) is 0 Å². The second-order valence-corrected chi connectivity index (χ2v) is 5.49. The van der Waals surface area contributed by atoms with Gasteiger partial charge in [-0.05, 0) is 41.3 Å². The van der Waals surface area contributed by atoms with E-state index in [0.717, 1.165) is 12.0 Å². The maximum atomic E-state index is 10.2. The van der Waals surface area contributed by atoms with Crippen LogP contribution in [0.15, 0.2) is 47.2 Å². The molecule has 2 aromatic rings. The van der Waals surface area contributed by atoms with E-state index >= 15 is 0 Å². The summed E-state index contributed by atoms with van der Waals surface area (Å²) in [4.78, 5) is 0. The minimum absolute atomic E-state index is 0.400. The molecule has 1 aromatic heterocycles. The first-order valence-electron chi connectivity index (χ1n) is 6.14. The molecule has 1 heterocycles. The van der Waals surface area contributed by atoms with Crippen molar-refractivity contribution in [3.8, 4) is 0 Å². The molecule has 2 unspecified atom stereocenters. The molecule has 18 heavy (non-hydrogen) atoms. The molecule has 3 N–H and O–H groups in total. The van der Waals surface area contributed by atoms with Gasteiger partial charge in [-0.25, -0.2) is 0 Å². The van der Waals surface area contributed by atoms with Crippen molar-refractivity contribution in [2.24, 2.45) is 5.73 Å². The zero-order chi connectivity index (χ0) is 13.0. The van der Waals surface area contributed by atoms with Crippen LogP contribution in [0.1, 0.15) is 18.1 Å². The van der Waals surface area contributed by atoms with Gasteiger partial charge in [0.2, 0.25) is 0 Å².